The molecule has 0 heterocycles. The largest absolute Gasteiger partial charge is 0.325 e. The van der Waals surface area contributed by atoms with Gasteiger partial charge in [-0.25, -0.2) is 21.9 Å². The van der Waals surface area contributed by atoms with Crippen LogP contribution in [-0.2, 0) is 27.7 Å². The molecular formula is C17H16F2N2O3S. The van der Waals surface area contributed by atoms with E-state index >= 15 is 0 Å². The summed E-state index contributed by atoms with van der Waals surface area (Å²) in [7, 11) is -4.48. The first-order chi connectivity index (χ1) is 11.9. The minimum atomic E-state index is -4.48. The Hall–Kier alpha value is -2.32. The van der Waals surface area contributed by atoms with Crippen molar-refractivity contribution in [1.29, 1.82) is 0 Å². The zero-order valence-electron chi connectivity index (χ0n) is 13.2. The van der Waals surface area contributed by atoms with E-state index in [9.17, 15) is 22.0 Å². The molecule has 1 amide bonds. The Balaban J connectivity index is 1.66. The van der Waals surface area contributed by atoms with Crippen LogP contribution < -0.4 is 10.0 Å². The number of amides is 1. The van der Waals surface area contributed by atoms with Gasteiger partial charge in [0.15, 0.2) is 4.90 Å². The number of halogens is 2. The minimum absolute atomic E-state index is 0.557. The van der Waals surface area contributed by atoms with E-state index in [0.717, 1.165) is 43.0 Å². The van der Waals surface area contributed by atoms with Crippen molar-refractivity contribution in [3.8, 4) is 0 Å². The third-order valence-electron chi connectivity index (χ3n) is 3.99. The molecule has 0 unspecified atom stereocenters. The van der Waals surface area contributed by atoms with Crippen LogP contribution in [0.3, 0.4) is 0 Å². The number of hydrogen-bond acceptors (Lipinski definition) is 3. The number of nitrogens with one attached hydrogen (secondary N) is 2. The standard InChI is InChI=1S/C17H16F2N2O3S/c18-14-5-2-6-15(19)17(14)25(23,24)20-10-16(22)21-13-8-7-11-3-1-4-12(11)9-13/h2,5-9,20H,1,3-4,10H2,(H,21,22). The van der Waals surface area contributed by atoms with Gasteiger partial charge in [-0.05, 0) is 54.7 Å². The maximum atomic E-state index is 13.6. The van der Waals surface area contributed by atoms with Crippen molar-refractivity contribution in [1.82, 2.24) is 4.72 Å². The van der Waals surface area contributed by atoms with Crippen LogP contribution in [0.15, 0.2) is 41.3 Å². The van der Waals surface area contributed by atoms with Gasteiger partial charge in [0.25, 0.3) is 0 Å². The molecule has 132 valence electrons. The molecule has 0 radical (unpaired) electrons. The van der Waals surface area contributed by atoms with Gasteiger partial charge in [-0.1, -0.05) is 12.1 Å². The monoisotopic (exact) mass is 366 g/mol. The molecular weight excluding hydrogens is 350 g/mol. The van der Waals surface area contributed by atoms with E-state index in [1.807, 2.05) is 16.9 Å². The van der Waals surface area contributed by atoms with Crippen molar-refractivity contribution in [2.75, 3.05) is 11.9 Å². The van der Waals surface area contributed by atoms with Crippen LogP contribution in [0.2, 0.25) is 0 Å². The molecule has 0 bridgehead atoms. The van der Waals surface area contributed by atoms with E-state index in [0.29, 0.717) is 5.69 Å². The number of hydrogen-bond donors (Lipinski definition) is 2. The molecule has 0 saturated carbocycles. The molecule has 5 nitrogen and oxygen atoms in total. The number of aryl methyl sites for hydroxylation is 2. The number of fused-ring (bicyclic) bond motifs is 1. The number of carbonyl (C=O) groups is 1. The van der Waals surface area contributed by atoms with Gasteiger partial charge in [0.2, 0.25) is 15.9 Å². The topological polar surface area (TPSA) is 75.3 Å². The van der Waals surface area contributed by atoms with Gasteiger partial charge < -0.3 is 5.32 Å². The molecule has 0 aromatic heterocycles. The number of sulfonamides is 1. The Morgan fingerprint density at radius 2 is 1.72 bits per heavy atom. The Bertz CT molecular complexity index is 909. The Labute approximate surface area is 144 Å². The summed E-state index contributed by atoms with van der Waals surface area (Å²) in [6.45, 7) is -0.632. The van der Waals surface area contributed by atoms with E-state index in [-0.39, 0.29) is 0 Å². The predicted molar refractivity (Wildman–Crippen MR) is 88.6 cm³/mol. The van der Waals surface area contributed by atoms with Gasteiger partial charge in [-0.15, -0.1) is 0 Å². The fourth-order valence-electron chi connectivity index (χ4n) is 2.83. The number of benzene rings is 2. The fraction of sp³-hybridized carbons (Fsp3) is 0.235. The maximum Gasteiger partial charge on any atom is 0.246 e. The van der Waals surface area contributed by atoms with E-state index in [4.69, 9.17) is 0 Å². The Morgan fingerprint density at radius 3 is 2.44 bits per heavy atom. The average molecular weight is 366 g/mol. The molecule has 8 heteroatoms. The number of anilines is 1. The predicted octanol–water partition coefficient (Wildman–Crippen LogP) is 2.37. The van der Waals surface area contributed by atoms with Gasteiger partial charge in [-0.2, -0.15) is 0 Å². The maximum absolute atomic E-state index is 13.6. The summed E-state index contributed by atoms with van der Waals surface area (Å²) in [6, 6.07) is 8.25. The van der Waals surface area contributed by atoms with Crippen LogP contribution in [0.1, 0.15) is 17.5 Å². The van der Waals surface area contributed by atoms with Crippen molar-refractivity contribution in [2.24, 2.45) is 0 Å². The summed E-state index contributed by atoms with van der Waals surface area (Å²) < 4.78 is 53.1. The van der Waals surface area contributed by atoms with Crippen LogP contribution in [0, 0.1) is 11.6 Å². The number of carbonyl (C=O) groups excluding carboxylic acids is 1. The fourth-order valence-corrected chi connectivity index (χ4v) is 3.94. The zero-order chi connectivity index (χ0) is 18.0. The van der Waals surface area contributed by atoms with Crippen molar-refractivity contribution in [2.45, 2.75) is 24.2 Å². The molecule has 1 aliphatic carbocycles. The van der Waals surface area contributed by atoms with Crippen LogP contribution >= 0.6 is 0 Å². The minimum Gasteiger partial charge on any atom is -0.325 e. The summed E-state index contributed by atoms with van der Waals surface area (Å²) in [5.74, 6) is -3.06. The second kappa shape index (κ2) is 6.89. The highest BCUT2D eigenvalue weighted by atomic mass is 32.2. The third kappa shape index (κ3) is 3.85. The highest BCUT2D eigenvalue weighted by Gasteiger charge is 2.24. The lowest BCUT2D eigenvalue weighted by molar-refractivity contribution is -0.115. The first-order valence-electron chi connectivity index (χ1n) is 7.72. The lowest BCUT2D eigenvalue weighted by atomic mass is 10.1. The molecule has 2 aromatic rings. The smallest absolute Gasteiger partial charge is 0.246 e. The van der Waals surface area contributed by atoms with E-state index in [1.54, 1.807) is 6.07 Å². The molecule has 2 aromatic carbocycles. The summed E-state index contributed by atoms with van der Waals surface area (Å²) in [5, 5.41) is 2.57. The van der Waals surface area contributed by atoms with Crippen LogP contribution in [-0.4, -0.2) is 20.9 Å². The molecule has 0 aliphatic heterocycles. The molecule has 0 spiro atoms. The summed E-state index contributed by atoms with van der Waals surface area (Å²) in [4.78, 5) is 10.8. The molecule has 2 N–H and O–H groups in total. The van der Waals surface area contributed by atoms with E-state index < -0.39 is 39.0 Å². The van der Waals surface area contributed by atoms with Gasteiger partial charge in [-0.3, -0.25) is 4.79 Å². The second-order valence-corrected chi connectivity index (χ2v) is 7.46. The highest BCUT2D eigenvalue weighted by molar-refractivity contribution is 7.89. The van der Waals surface area contributed by atoms with Crippen molar-refractivity contribution in [3.63, 3.8) is 0 Å². The molecule has 0 atom stereocenters. The quantitative estimate of drug-likeness (QED) is 0.853. The third-order valence-corrected chi connectivity index (χ3v) is 5.44. The molecule has 0 fully saturated rings. The van der Waals surface area contributed by atoms with E-state index in [1.165, 1.54) is 5.56 Å². The summed E-state index contributed by atoms with van der Waals surface area (Å²) >= 11 is 0. The summed E-state index contributed by atoms with van der Waals surface area (Å²) in [5.41, 5.74) is 2.96. The van der Waals surface area contributed by atoms with Crippen molar-refractivity contribution in [3.05, 3.63) is 59.2 Å². The molecule has 0 saturated heterocycles. The van der Waals surface area contributed by atoms with Gasteiger partial charge in [0.05, 0.1) is 6.54 Å². The lowest BCUT2D eigenvalue weighted by Crippen LogP contribution is -2.33. The van der Waals surface area contributed by atoms with Gasteiger partial charge in [0, 0.05) is 5.69 Å². The second-order valence-electron chi connectivity index (χ2n) is 5.76. The Kier molecular flexibility index (Phi) is 4.82. The molecule has 25 heavy (non-hydrogen) atoms. The van der Waals surface area contributed by atoms with Gasteiger partial charge in [0.1, 0.15) is 11.6 Å². The molecule has 3 rings (SSSR count). The van der Waals surface area contributed by atoms with Crippen LogP contribution in [0.5, 0.6) is 0 Å². The SMILES string of the molecule is O=C(CNS(=O)(=O)c1c(F)cccc1F)Nc1ccc2c(c1)CCC2. The van der Waals surface area contributed by atoms with Crippen molar-refractivity contribution >= 4 is 21.6 Å². The van der Waals surface area contributed by atoms with Crippen LogP contribution in [0.25, 0.3) is 0 Å². The van der Waals surface area contributed by atoms with Crippen LogP contribution in [0.4, 0.5) is 14.5 Å². The Morgan fingerprint density at radius 1 is 1.04 bits per heavy atom. The van der Waals surface area contributed by atoms with E-state index in [2.05, 4.69) is 5.32 Å². The first-order valence-corrected chi connectivity index (χ1v) is 9.20. The average Bonchev–Trinajstić information content (AvgIpc) is 3.00. The normalized spacial score (nSPS) is 13.5. The van der Waals surface area contributed by atoms with Crippen molar-refractivity contribution < 1.29 is 22.0 Å². The van der Waals surface area contributed by atoms with Gasteiger partial charge >= 0.3 is 0 Å². The highest BCUT2D eigenvalue weighted by Crippen LogP contribution is 2.24. The summed E-state index contributed by atoms with van der Waals surface area (Å²) in [6.07, 6.45) is 3.02. The lowest BCUT2D eigenvalue weighted by Gasteiger charge is -2.10. The zero-order valence-corrected chi connectivity index (χ0v) is 14.0. The first kappa shape index (κ1) is 17.5. The number of rotatable bonds is 5. The molecule has 1 aliphatic rings.